The molecule has 5 nitrogen and oxygen atoms in total. The number of ether oxygens (including phenoxy) is 2. The standard InChI is InChI=1S/C16H19F2N3O2/c17-16(18)4-3-15(22-5-6-23-15)8-12(16)10-21-14-7-11(9-19)1-2-13(14)20/h1-2,7,12,21H,3-6,8,10,20H2/t12-/m1/s1. The first kappa shape index (κ1) is 16.0. The van der Waals surface area contributed by atoms with Gasteiger partial charge in [0.2, 0.25) is 0 Å². The van der Waals surface area contributed by atoms with E-state index < -0.39 is 17.6 Å². The predicted molar refractivity (Wildman–Crippen MR) is 81.0 cm³/mol. The molecule has 7 heteroatoms. The number of nitrogens with one attached hydrogen (secondary N) is 1. The normalized spacial score (nSPS) is 25.2. The van der Waals surface area contributed by atoms with Crippen LogP contribution in [-0.2, 0) is 9.47 Å². The van der Waals surface area contributed by atoms with Crippen LogP contribution in [0, 0.1) is 17.2 Å². The van der Waals surface area contributed by atoms with Crippen LogP contribution in [0.1, 0.15) is 24.8 Å². The number of alkyl halides is 2. The molecule has 1 aliphatic heterocycles. The van der Waals surface area contributed by atoms with Gasteiger partial charge in [-0.15, -0.1) is 0 Å². The molecular weight excluding hydrogens is 304 g/mol. The summed E-state index contributed by atoms with van der Waals surface area (Å²) in [6.07, 6.45) is 0.0977. The van der Waals surface area contributed by atoms with Gasteiger partial charge in [-0.1, -0.05) is 0 Å². The van der Waals surface area contributed by atoms with Gasteiger partial charge in [0.05, 0.1) is 36.2 Å². The molecule has 0 radical (unpaired) electrons. The number of halogens is 2. The van der Waals surface area contributed by atoms with Gasteiger partial charge in [-0.2, -0.15) is 5.26 Å². The van der Waals surface area contributed by atoms with Crippen molar-refractivity contribution in [3.63, 3.8) is 0 Å². The summed E-state index contributed by atoms with van der Waals surface area (Å²) < 4.78 is 39.6. The minimum absolute atomic E-state index is 0.0422. The zero-order valence-electron chi connectivity index (χ0n) is 12.6. The molecule has 2 aliphatic rings. The lowest BCUT2D eigenvalue weighted by atomic mass is 9.81. The third-order valence-corrected chi connectivity index (χ3v) is 4.53. The molecule has 1 heterocycles. The molecule has 1 saturated carbocycles. The summed E-state index contributed by atoms with van der Waals surface area (Å²) in [6, 6.07) is 6.74. The lowest BCUT2D eigenvalue weighted by Gasteiger charge is -2.41. The Hall–Kier alpha value is -1.91. The van der Waals surface area contributed by atoms with Crippen molar-refractivity contribution in [2.75, 3.05) is 30.8 Å². The summed E-state index contributed by atoms with van der Waals surface area (Å²) in [5.41, 5.74) is 7.18. The average Bonchev–Trinajstić information content (AvgIpc) is 2.99. The van der Waals surface area contributed by atoms with Crippen LogP contribution in [0.5, 0.6) is 0 Å². The minimum Gasteiger partial charge on any atom is -0.397 e. The highest BCUT2D eigenvalue weighted by Gasteiger charge is 2.53. The molecule has 1 aromatic rings. The Balaban J connectivity index is 1.71. The lowest BCUT2D eigenvalue weighted by Crippen LogP contribution is -2.48. The molecule has 3 rings (SSSR count). The van der Waals surface area contributed by atoms with Crippen molar-refractivity contribution in [3.8, 4) is 6.07 Å². The van der Waals surface area contributed by atoms with Gasteiger partial charge < -0.3 is 20.5 Å². The summed E-state index contributed by atoms with van der Waals surface area (Å²) in [5, 5.41) is 11.9. The molecule has 0 bridgehead atoms. The number of anilines is 2. The summed E-state index contributed by atoms with van der Waals surface area (Å²) in [4.78, 5) is 0. The van der Waals surface area contributed by atoms with E-state index in [1.807, 2.05) is 6.07 Å². The van der Waals surface area contributed by atoms with Crippen molar-refractivity contribution in [2.45, 2.75) is 31.0 Å². The highest BCUT2D eigenvalue weighted by Crippen LogP contribution is 2.46. The van der Waals surface area contributed by atoms with Crippen molar-refractivity contribution in [2.24, 2.45) is 5.92 Å². The maximum Gasteiger partial charge on any atom is 0.253 e. The maximum absolute atomic E-state index is 14.2. The fourth-order valence-corrected chi connectivity index (χ4v) is 3.18. The Morgan fingerprint density at radius 3 is 2.74 bits per heavy atom. The van der Waals surface area contributed by atoms with E-state index in [1.165, 1.54) is 0 Å². The van der Waals surface area contributed by atoms with E-state index in [2.05, 4.69) is 5.32 Å². The molecule has 0 amide bonds. The molecule has 0 unspecified atom stereocenters. The Labute approximate surface area is 133 Å². The first-order chi connectivity index (χ1) is 10.9. The fourth-order valence-electron chi connectivity index (χ4n) is 3.18. The molecule has 3 N–H and O–H groups in total. The minimum atomic E-state index is -2.78. The maximum atomic E-state index is 14.2. The predicted octanol–water partition coefficient (Wildman–Crippen LogP) is 2.73. The van der Waals surface area contributed by atoms with Crippen LogP contribution in [0.4, 0.5) is 20.2 Å². The second-order valence-electron chi connectivity index (χ2n) is 6.06. The topological polar surface area (TPSA) is 80.3 Å². The molecule has 1 spiro atoms. The SMILES string of the molecule is N#Cc1ccc(N)c(NC[C@H]2CC3(CCC2(F)F)OCCO3)c1. The van der Waals surface area contributed by atoms with Gasteiger partial charge in [-0.05, 0) is 18.2 Å². The lowest BCUT2D eigenvalue weighted by molar-refractivity contribution is -0.230. The number of rotatable bonds is 3. The Bertz CT molecular complexity index is 624. The number of nitrogens with two attached hydrogens (primary N) is 1. The third-order valence-electron chi connectivity index (χ3n) is 4.53. The van der Waals surface area contributed by atoms with Gasteiger partial charge in [0.1, 0.15) is 0 Å². The quantitative estimate of drug-likeness (QED) is 0.836. The number of nitriles is 1. The van der Waals surface area contributed by atoms with Crippen LogP contribution in [0.2, 0.25) is 0 Å². The molecule has 1 saturated heterocycles. The first-order valence-corrected chi connectivity index (χ1v) is 7.63. The van der Waals surface area contributed by atoms with Gasteiger partial charge in [-0.3, -0.25) is 0 Å². The summed E-state index contributed by atoms with van der Waals surface area (Å²) in [7, 11) is 0. The van der Waals surface area contributed by atoms with Gasteiger partial charge in [-0.25, -0.2) is 8.78 Å². The van der Waals surface area contributed by atoms with Crippen LogP contribution in [0.3, 0.4) is 0 Å². The van der Waals surface area contributed by atoms with Crippen molar-refractivity contribution in [1.82, 2.24) is 0 Å². The van der Waals surface area contributed by atoms with E-state index in [0.717, 1.165) is 0 Å². The van der Waals surface area contributed by atoms with Gasteiger partial charge in [0.25, 0.3) is 5.92 Å². The van der Waals surface area contributed by atoms with Crippen molar-refractivity contribution >= 4 is 11.4 Å². The number of hydrogen-bond acceptors (Lipinski definition) is 5. The summed E-state index contributed by atoms with van der Waals surface area (Å²) in [6.45, 7) is 0.937. The van der Waals surface area contributed by atoms with E-state index in [9.17, 15) is 8.78 Å². The molecular formula is C16H19F2N3O2. The largest absolute Gasteiger partial charge is 0.397 e. The highest BCUT2D eigenvalue weighted by atomic mass is 19.3. The van der Waals surface area contributed by atoms with Crippen LogP contribution in [0.15, 0.2) is 18.2 Å². The van der Waals surface area contributed by atoms with Crippen LogP contribution in [0.25, 0.3) is 0 Å². The second-order valence-corrected chi connectivity index (χ2v) is 6.06. The van der Waals surface area contributed by atoms with Gasteiger partial charge in [0, 0.05) is 31.7 Å². The highest BCUT2D eigenvalue weighted by molar-refractivity contribution is 5.68. The number of hydrogen-bond donors (Lipinski definition) is 2. The summed E-state index contributed by atoms with van der Waals surface area (Å²) >= 11 is 0. The van der Waals surface area contributed by atoms with E-state index in [4.69, 9.17) is 20.5 Å². The van der Waals surface area contributed by atoms with E-state index >= 15 is 0 Å². The van der Waals surface area contributed by atoms with Crippen molar-refractivity contribution < 1.29 is 18.3 Å². The Morgan fingerprint density at radius 2 is 2.04 bits per heavy atom. The molecule has 1 atom stereocenters. The number of nitrogens with zero attached hydrogens (tertiary/aromatic N) is 1. The van der Waals surface area contributed by atoms with E-state index in [-0.39, 0.29) is 25.8 Å². The molecule has 2 fully saturated rings. The number of nitrogen functional groups attached to an aromatic ring is 1. The van der Waals surface area contributed by atoms with Crippen molar-refractivity contribution in [1.29, 1.82) is 5.26 Å². The van der Waals surface area contributed by atoms with Gasteiger partial charge in [0.15, 0.2) is 5.79 Å². The Morgan fingerprint density at radius 1 is 1.30 bits per heavy atom. The monoisotopic (exact) mass is 323 g/mol. The van der Waals surface area contributed by atoms with E-state index in [0.29, 0.717) is 30.2 Å². The molecule has 1 aliphatic carbocycles. The number of benzene rings is 1. The first-order valence-electron chi connectivity index (χ1n) is 7.63. The fraction of sp³-hybridized carbons (Fsp3) is 0.562. The molecule has 0 aromatic heterocycles. The Kier molecular flexibility index (Phi) is 4.13. The molecule has 124 valence electrons. The third kappa shape index (κ3) is 3.23. The van der Waals surface area contributed by atoms with Crippen LogP contribution in [-0.4, -0.2) is 31.5 Å². The molecule has 23 heavy (non-hydrogen) atoms. The average molecular weight is 323 g/mol. The zero-order valence-corrected chi connectivity index (χ0v) is 12.6. The summed E-state index contributed by atoms with van der Waals surface area (Å²) in [5.74, 6) is -4.57. The van der Waals surface area contributed by atoms with Crippen molar-refractivity contribution in [3.05, 3.63) is 23.8 Å². The van der Waals surface area contributed by atoms with Crippen LogP contribution < -0.4 is 11.1 Å². The van der Waals surface area contributed by atoms with Gasteiger partial charge >= 0.3 is 0 Å². The second kappa shape index (κ2) is 5.95. The zero-order chi connectivity index (χ0) is 16.5. The smallest absolute Gasteiger partial charge is 0.253 e. The van der Waals surface area contributed by atoms with Crippen LogP contribution >= 0.6 is 0 Å². The molecule has 1 aromatic carbocycles. The van der Waals surface area contributed by atoms with E-state index in [1.54, 1.807) is 18.2 Å².